The Morgan fingerprint density at radius 2 is 1.82 bits per heavy atom. The summed E-state index contributed by atoms with van der Waals surface area (Å²) in [6.07, 6.45) is 5.52. The Morgan fingerprint density at radius 3 is 2.47 bits per heavy atom. The highest BCUT2D eigenvalue weighted by Gasteiger charge is 2.33. The van der Waals surface area contributed by atoms with E-state index >= 15 is 0 Å². The number of carbonyl (C=O) groups excluding carboxylic acids is 2. The Bertz CT molecular complexity index is 1080. The number of likely N-dealkylation sites (N-methyl/N-ethyl adjacent to an activating group) is 1. The summed E-state index contributed by atoms with van der Waals surface area (Å²) in [7, 11) is 1.89. The fourth-order valence-electron chi connectivity index (χ4n) is 4.77. The van der Waals surface area contributed by atoms with Crippen molar-refractivity contribution in [3.63, 3.8) is 0 Å². The summed E-state index contributed by atoms with van der Waals surface area (Å²) in [5, 5.41) is 0. The van der Waals surface area contributed by atoms with Gasteiger partial charge in [-0.05, 0) is 56.2 Å². The Hall–Kier alpha value is -3.06. The van der Waals surface area contributed by atoms with Crippen molar-refractivity contribution < 1.29 is 9.59 Å². The second-order valence-corrected chi connectivity index (χ2v) is 9.91. The number of piperidine rings is 1. The van der Waals surface area contributed by atoms with Gasteiger partial charge in [0.05, 0.1) is 11.2 Å². The van der Waals surface area contributed by atoms with Crippen LogP contribution in [0.5, 0.6) is 0 Å². The van der Waals surface area contributed by atoms with Gasteiger partial charge >= 0.3 is 0 Å². The van der Waals surface area contributed by atoms with Gasteiger partial charge in [-0.1, -0.05) is 36.4 Å². The molecule has 3 heterocycles. The number of hydrogen-bond acceptors (Lipinski definition) is 5. The van der Waals surface area contributed by atoms with E-state index in [9.17, 15) is 9.59 Å². The molecule has 1 unspecified atom stereocenters. The molecule has 6 nitrogen and oxygen atoms in total. The van der Waals surface area contributed by atoms with E-state index in [2.05, 4.69) is 22.1 Å². The molecular weight excluding hydrogens is 444 g/mol. The number of pyridine rings is 1. The van der Waals surface area contributed by atoms with Gasteiger partial charge in [0.15, 0.2) is 0 Å². The van der Waals surface area contributed by atoms with E-state index in [1.807, 2.05) is 59.6 Å². The van der Waals surface area contributed by atoms with Crippen molar-refractivity contribution in [3.8, 4) is 0 Å². The van der Waals surface area contributed by atoms with E-state index in [1.54, 1.807) is 23.6 Å². The quantitative estimate of drug-likeness (QED) is 0.483. The van der Waals surface area contributed by atoms with Crippen LogP contribution < -0.4 is 0 Å². The topological polar surface area (TPSA) is 66.4 Å². The summed E-state index contributed by atoms with van der Waals surface area (Å²) in [5.74, 6) is 0.481. The number of aryl methyl sites for hydroxylation is 2. The van der Waals surface area contributed by atoms with Crippen molar-refractivity contribution in [1.29, 1.82) is 0 Å². The Labute approximate surface area is 205 Å². The summed E-state index contributed by atoms with van der Waals surface area (Å²) in [6, 6.07) is 15.8. The molecule has 2 amide bonds. The highest BCUT2D eigenvalue weighted by molar-refractivity contribution is 7.09. The van der Waals surface area contributed by atoms with Crippen LogP contribution in [0.25, 0.3) is 0 Å². The van der Waals surface area contributed by atoms with Crippen LogP contribution >= 0.6 is 11.3 Å². The summed E-state index contributed by atoms with van der Waals surface area (Å²) in [4.78, 5) is 39.7. The van der Waals surface area contributed by atoms with Crippen LogP contribution in [0, 0.1) is 12.8 Å². The summed E-state index contributed by atoms with van der Waals surface area (Å²) in [5.41, 5.74) is 4.55. The van der Waals surface area contributed by atoms with Crippen molar-refractivity contribution in [1.82, 2.24) is 19.8 Å². The van der Waals surface area contributed by atoms with Gasteiger partial charge in [0, 0.05) is 43.7 Å². The third-order valence-corrected chi connectivity index (χ3v) is 7.83. The lowest BCUT2D eigenvalue weighted by molar-refractivity contribution is -0.132. The normalized spacial score (nSPS) is 15.2. The molecule has 34 heavy (non-hydrogen) atoms. The maximum Gasteiger partial charge on any atom is 0.272 e. The highest BCUT2D eigenvalue weighted by atomic mass is 32.1. The molecule has 1 fully saturated rings. The van der Waals surface area contributed by atoms with Gasteiger partial charge in [-0.3, -0.25) is 14.6 Å². The maximum atomic E-state index is 13.2. The molecule has 3 aromatic rings. The van der Waals surface area contributed by atoms with Crippen LogP contribution in [0.3, 0.4) is 0 Å². The van der Waals surface area contributed by atoms with Crippen molar-refractivity contribution in [3.05, 3.63) is 82.1 Å². The highest BCUT2D eigenvalue weighted by Crippen LogP contribution is 2.28. The fraction of sp³-hybridized carbons (Fsp3) is 0.407. The van der Waals surface area contributed by atoms with E-state index in [0.29, 0.717) is 18.0 Å². The van der Waals surface area contributed by atoms with Crippen LogP contribution in [0.2, 0.25) is 0 Å². The monoisotopic (exact) mass is 476 g/mol. The summed E-state index contributed by atoms with van der Waals surface area (Å²) in [6.45, 7) is 3.47. The predicted molar refractivity (Wildman–Crippen MR) is 135 cm³/mol. The molecule has 0 radical (unpaired) electrons. The minimum Gasteiger partial charge on any atom is -0.343 e. The molecule has 2 aromatic heterocycles. The zero-order chi connectivity index (χ0) is 23.9. The van der Waals surface area contributed by atoms with Crippen LogP contribution in [-0.2, 0) is 17.6 Å². The van der Waals surface area contributed by atoms with Crippen LogP contribution in [-0.4, -0.2) is 57.8 Å². The van der Waals surface area contributed by atoms with Crippen molar-refractivity contribution >= 4 is 23.2 Å². The number of likely N-dealkylation sites (tertiary alicyclic amines) is 1. The molecule has 0 bridgehead atoms. The Kier molecular flexibility index (Phi) is 8.06. The van der Waals surface area contributed by atoms with E-state index in [-0.39, 0.29) is 17.9 Å². The molecule has 1 atom stereocenters. The SMILES string of the molecule is Cc1ncsc1CCC(=O)N1CCC(C(Cc2ccccc2)N(C)C(=O)c2ccccn2)CC1. The molecule has 1 aromatic carbocycles. The van der Waals surface area contributed by atoms with E-state index in [4.69, 9.17) is 0 Å². The van der Waals surface area contributed by atoms with Gasteiger partial charge in [-0.25, -0.2) is 4.98 Å². The van der Waals surface area contributed by atoms with Crippen molar-refractivity contribution in [2.24, 2.45) is 5.92 Å². The molecular formula is C27H32N4O2S. The first-order chi connectivity index (χ1) is 16.5. The molecule has 7 heteroatoms. The number of nitrogens with zero attached hydrogens (tertiary/aromatic N) is 4. The first-order valence-electron chi connectivity index (χ1n) is 11.9. The lowest BCUT2D eigenvalue weighted by atomic mass is 9.84. The molecule has 0 spiro atoms. The van der Waals surface area contributed by atoms with Gasteiger partial charge in [-0.15, -0.1) is 11.3 Å². The molecule has 0 saturated carbocycles. The van der Waals surface area contributed by atoms with Gasteiger partial charge in [0.1, 0.15) is 5.69 Å². The number of hydrogen-bond donors (Lipinski definition) is 0. The molecule has 178 valence electrons. The smallest absolute Gasteiger partial charge is 0.272 e. The zero-order valence-corrected chi connectivity index (χ0v) is 20.7. The molecule has 0 N–H and O–H groups in total. The summed E-state index contributed by atoms with van der Waals surface area (Å²) < 4.78 is 0. The second-order valence-electron chi connectivity index (χ2n) is 8.97. The second kappa shape index (κ2) is 11.4. The molecule has 1 aliphatic heterocycles. The number of amides is 2. The molecule has 0 aliphatic carbocycles. The number of thiazole rings is 1. The largest absolute Gasteiger partial charge is 0.343 e. The molecule has 1 saturated heterocycles. The first-order valence-corrected chi connectivity index (χ1v) is 12.8. The predicted octanol–water partition coefficient (Wildman–Crippen LogP) is 4.40. The standard InChI is InChI=1S/C27H32N4O2S/c1-20-25(34-19-29-20)11-12-26(32)31-16-13-22(14-17-31)24(18-21-8-4-3-5-9-21)30(2)27(33)23-10-6-7-15-28-23/h3-10,15,19,22,24H,11-14,16-18H2,1-2H3. The van der Waals surface area contributed by atoms with Gasteiger partial charge in [0.25, 0.3) is 5.91 Å². The minimum absolute atomic E-state index is 0.0500. The van der Waals surface area contributed by atoms with E-state index in [0.717, 1.165) is 44.5 Å². The van der Waals surface area contributed by atoms with Crippen molar-refractivity contribution in [2.75, 3.05) is 20.1 Å². The lowest BCUT2D eigenvalue weighted by Crippen LogP contribution is -2.48. The average molecular weight is 477 g/mol. The number of aromatic nitrogens is 2. The minimum atomic E-state index is -0.0556. The Balaban J connectivity index is 1.41. The first kappa shape index (κ1) is 24.1. The molecule has 4 rings (SSSR count). The van der Waals surface area contributed by atoms with E-state index in [1.165, 1.54) is 10.4 Å². The maximum absolute atomic E-state index is 13.2. The van der Waals surface area contributed by atoms with Gasteiger partial charge in [-0.2, -0.15) is 0 Å². The van der Waals surface area contributed by atoms with Gasteiger partial charge < -0.3 is 9.80 Å². The third-order valence-electron chi connectivity index (χ3n) is 6.84. The van der Waals surface area contributed by atoms with Crippen LogP contribution in [0.15, 0.2) is 60.2 Å². The fourth-order valence-corrected chi connectivity index (χ4v) is 5.56. The Morgan fingerprint density at radius 1 is 1.09 bits per heavy atom. The lowest BCUT2D eigenvalue weighted by Gasteiger charge is -2.40. The average Bonchev–Trinajstić information content (AvgIpc) is 3.30. The van der Waals surface area contributed by atoms with Crippen LogP contribution in [0.4, 0.5) is 0 Å². The van der Waals surface area contributed by atoms with E-state index < -0.39 is 0 Å². The number of carbonyl (C=O) groups is 2. The summed E-state index contributed by atoms with van der Waals surface area (Å²) >= 11 is 1.62. The third kappa shape index (κ3) is 5.89. The van der Waals surface area contributed by atoms with Gasteiger partial charge in [0.2, 0.25) is 5.91 Å². The number of rotatable bonds is 8. The van der Waals surface area contributed by atoms with Crippen LogP contribution in [0.1, 0.15) is 45.9 Å². The zero-order valence-electron chi connectivity index (χ0n) is 19.9. The number of benzene rings is 1. The molecule has 1 aliphatic rings. The van der Waals surface area contributed by atoms with Crippen molar-refractivity contribution in [2.45, 2.75) is 45.1 Å².